The summed E-state index contributed by atoms with van der Waals surface area (Å²) in [5, 5.41) is 14.6. The molecule has 2 amide bonds. The van der Waals surface area contributed by atoms with Crippen molar-refractivity contribution in [3.63, 3.8) is 0 Å². The number of urea groups is 1. The minimum atomic E-state index is -0.120. The van der Waals surface area contributed by atoms with Crippen molar-refractivity contribution in [2.45, 2.75) is 25.3 Å². The van der Waals surface area contributed by atoms with Crippen LogP contribution in [0.5, 0.6) is 0 Å². The van der Waals surface area contributed by atoms with Crippen LogP contribution >= 0.6 is 0 Å². The minimum absolute atomic E-state index is 0.0307. The summed E-state index contributed by atoms with van der Waals surface area (Å²) in [6, 6.07) is 13.7. The van der Waals surface area contributed by atoms with E-state index in [4.69, 9.17) is 0 Å². The highest BCUT2D eigenvalue weighted by molar-refractivity contribution is 6.01. The van der Waals surface area contributed by atoms with E-state index < -0.39 is 0 Å². The fourth-order valence-electron chi connectivity index (χ4n) is 2.98. The quantitative estimate of drug-likeness (QED) is 0.889. The molecular formula is C17H20N2O2. The van der Waals surface area contributed by atoms with Crippen LogP contribution in [0.3, 0.4) is 0 Å². The van der Waals surface area contributed by atoms with Gasteiger partial charge in [-0.05, 0) is 30.7 Å². The Hall–Kier alpha value is -2.07. The highest BCUT2D eigenvalue weighted by Gasteiger charge is 2.26. The molecule has 0 aliphatic carbocycles. The van der Waals surface area contributed by atoms with Crippen molar-refractivity contribution in [2.24, 2.45) is 0 Å². The van der Waals surface area contributed by atoms with Gasteiger partial charge in [-0.15, -0.1) is 0 Å². The summed E-state index contributed by atoms with van der Waals surface area (Å²) in [7, 11) is 0. The van der Waals surface area contributed by atoms with Gasteiger partial charge in [0.15, 0.2) is 0 Å². The average Bonchev–Trinajstić information content (AvgIpc) is 2.55. The summed E-state index contributed by atoms with van der Waals surface area (Å²) in [4.78, 5) is 14.2. The zero-order valence-electron chi connectivity index (χ0n) is 12.0. The molecule has 0 saturated carbocycles. The third kappa shape index (κ3) is 2.85. The second kappa shape index (κ2) is 6.14. The van der Waals surface area contributed by atoms with Crippen LogP contribution in [0.15, 0.2) is 42.5 Å². The molecule has 0 unspecified atom stereocenters. The zero-order valence-corrected chi connectivity index (χ0v) is 12.0. The van der Waals surface area contributed by atoms with Gasteiger partial charge in [0, 0.05) is 11.9 Å². The number of anilines is 1. The Balaban J connectivity index is 1.83. The van der Waals surface area contributed by atoms with Crippen LogP contribution in [0.25, 0.3) is 10.8 Å². The molecule has 1 saturated heterocycles. The molecule has 4 heteroatoms. The third-order valence-electron chi connectivity index (χ3n) is 4.13. The van der Waals surface area contributed by atoms with Crippen molar-refractivity contribution in [3.05, 3.63) is 42.5 Å². The zero-order chi connectivity index (χ0) is 14.7. The number of aliphatic hydroxyl groups is 1. The van der Waals surface area contributed by atoms with Crippen molar-refractivity contribution in [3.8, 4) is 0 Å². The molecule has 0 radical (unpaired) electrons. The smallest absolute Gasteiger partial charge is 0.322 e. The van der Waals surface area contributed by atoms with Crippen molar-refractivity contribution in [2.75, 3.05) is 18.5 Å². The Labute approximate surface area is 124 Å². The number of nitrogens with zero attached hydrogens (tertiary/aromatic N) is 1. The first kappa shape index (κ1) is 13.9. The molecule has 2 aromatic rings. The van der Waals surface area contributed by atoms with Gasteiger partial charge >= 0.3 is 6.03 Å². The number of amides is 2. The standard InChI is InChI=1S/C17H20N2O2/c20-12-14-8-3-4-11-19(14)17(21)18-16-10-5-7-13-6-1-2-9-15(13)16/h1-2,5-7,9-10,14,20H,3-4,8,11-12H2,(H,18,21)/t14-/m0/s1. The maximum Gasteiger partial charge on any atom is 0.322 e. The van der Waals surface area contributed by atoms with Gasteiger partial charge < -0.3 is 15.3 Å². The molecule has 110 valence electrons. The predicted molar refractivity (Wildman–Crippen MR) is 84.4 cm³/mol. The van der Waals surface area contributed by atoms with Crippen molar-refractivity contribution < 1.29 is 9.90 Å². The summed E-state index contributed by atoms with van der Waals surface area (Å²) in [5.74, 6) is 0. The highest BCUT2D eigenvalue weighted by Crippen LogP contribution is 2.24. The van der Waals surface area contributed by atoms with E-state index in [1.165, 1.54) is 0 Å². The number of piperidine rings is 1. The number of rotatable bonds is 2. The van der Waals surface area contributed by atoms with Gasteiger partial charge in [0.05, 0.1) is 18.3 Å². The van der Waals surface area contributed by atoms with E-state index in [9.17, 15) is 9.90 Å². The SMILES string of the molecule is O=C(Nc1cccc2ccccc12)N1CCCC[C@H]1CO. The van der Waals surface area contributed by atoms with E-state index in [0.717, 1.165) is 35.7 Å². The Morgan fingerprint density at radius 2 is 2.00 bits per heavy atom. The second-order valence-electron chi connectivity index (χ2n) is 5.48. The summed E-state index contributed by atoms with van der Waals surface area (Å²) < 4.78 is 0. The molecular weight excluding hydrogens is 264 g/mol. The molecule has 0 aromatic heterocycles. The molecule has 4 nitrogen and oxygen atoms in total. The molecule has 1 aliphatic rings. The first-order chi connectivity index (χ1) is 10.3. The van der Waals surface area contributed by atoms with Gasteiger partial charge in [-0.1, -0.05) is 36.4 Å². The molecule has 1 heterocycles. The number of carbonyl (C=O) groups excluding carboxylic acids is 1. The van der Waals surface area contributed by atoms with Crippen LogP contribution in [0.1, 0.15) is 19.3 Å². The van der Waals surface area contributed by atoms with E-state index in [1.807, 2.05) is 42.5 Å². The Morgan fingerprint density at radius 3 is 2.86 bits per heavy atom. The number of hydrogen-bond acceptors (Lipinski definition) is 2. The largest absolute Gasteiger partial charge is 0.394 e. The fourth-order valence-corrected chi connectivity index (χ4v) is 2.98. The number of nitrogens with one attached hydrogen (secondary N) is 1. The Morgan fingerprint density at radius 1 is 1.19 bits per heavy atom. The summed E-state index contributed by atoms with van der Waals surface area (Å²) in [6.45, 7) is 0.741. The lowest BCUT2D eigenvalue weighted by atomic mass is 10.0. The minimum Gasteiger partial charge on any atom is -0.394 e. The van der Waals surface area contributed by atoms with Crippen LogP contribution in [-0.4, -0.2) is 35.2 Å². The van der Waals surface area contributed by atoms with Crippen LogP contribution in [-0.2, 0) is 0 Å². The van der Waals surface area contributed by atoms with Crippen LogP contribution in [0.2, 0.25) is 0 Å². The van der Waals surface area contributed by atoms with Crippen molar-refractivity contribution >= 4 is 22.5 Å². The topological polar surface area (TPSA) is 52.6 Å². The molecule has 1 fully saturated rings. The first-order valence-electron chi connectivity index (χ1n) is 7.46. The van der Waals surface area contributed by atoms with Gasteiger partial charge in [0.1, 0.15) is 0 Å². The molecule has 1 aliphatic heterocycles. The summed E-state index contributed by atoms with van der Waals surface area (Å²) in [5.41, 5.74) is 0.820. The van der Waals surface area contributed by atoms with Crippen LogP contribution in [0.4, 0.5) is 10.5 Å². The van der Waals surface area contributed by atoms with Gasteiger partial charge in [-0.3, -0.25) is 0 Å². The molecule has 3 rings (SSSR count). The number of hydrogen-bond donors (Lipinski definition) is 2. The van der Waals surface area contributed by atoms with E-state index >= 15 is 0 Å². The summed E-state index contributed by atoms with van der Waals surface area (Å²) >= 11 is 0. The van der Waals surface area contributed by atoms with Crippen LogP contribution < -0.4 is 5.32 Å². The van der Waals surface area contributed by atoms with Crippen LogP contribution in [0, 0.1) is 0 Å². The number of carbonyl (C=O) groups is 1. The monoisotopic (exact) mass is 284 g/mol. The molecule has 2 aromatic carbocycles. The fraction of sp³-hybridized carbons (Fsp3) is 0.353. The molecule has 0 bridgehead atoms. The molecule has 0 spiro atoms. The van der Waals surface area contributed by atoms with Gasteiger partial charge in [0.2, 0.25) is 0 Å². The lowest BCUT2D eigenvalue weighted by Crippen LogP contribution is -2.47. The third-order valence-corrected chi connectivity index (χ3v) is 4.13. The Kier molecular flexibility index (Phi) is 4.06. The maximum absolute atomic E-state index is 12.5. The second-order valence-corrected chi connectivity index (χ2v) is 5.48. The van der Waals surface area contributed by atoms with Gasteiger partial charge in [-0.25, -0.2) is 4.79 Å². The lowest BCUT2D eigenvalue weighted by molar-refractivity contribution is 0.115. The summed E-state index contributed by atoms with van der Waals surface area (Å²) in [6.07, 6.45) is 2.95. The number of benzene rings is 2. The van der Waals surface area contributed by atoms with Gasteiger partial charge in [0.25, 0.3) is 0 Å². The van der Waals surface area contributed by atoms with E-state index in [-0.39, 0.29) is 18.7 Å². The van der Waals surface area contributed by atoms with Gasteiger partial charge in [-0.2, -0.15) is 0 Å². The number of likely N-dealkylation sites (tertiary alicyclic amines) is 1. The van der Waals surface area contributed by atoms with E-state index in [2.05, 4.69) is 5.32 Å². The maximum atomic E-state index is 12.5. The normalized spacial score (nSPS) is 18.7. The predicted octanol–water partition coefficient (Wildman–Crippen LogP) is 3.22. The Bertz CT molecular complexity index is 636. The number of fused-ring (bicyclic) bond motifs is 1. The van der Waals surface area contributed by atoms with Crippen molar-refractivity contribution in [1.82, 2.24) is 4.90 Å². The first-order valence-corrected chi connectivity index (χ1v) is 7.46. The molecule has 2 N–H and O–H groups in total. The molecule has 1 atom stereocenters. The highest BCUT2D eigenvalue weighted by atomic mass is 16.3. The lowest BCUT2D eigenvalue weighted by Gasteiger charge is -2.34. The molecule has 21 heavy (non-hydrogen) atoms. The number of aliphatic hydroxyl groups excluding tert-OH is 1. The van der Waals surface area contributed by atoms with Crippen molar-refractivity contribution in [1.29, 1.82) is 0 Å². The average molecular weight is 284 g/mol. The van der Waals surface area contributed by atoms with E-state index in [0.29, 0.717) is 6.54 Å². The van der Waals surface area contributed by atoms with E-state index in [1.54, 1.807) is 4.90 Å².